The van der Waals surface area contributed by atoms with E-state index >= 15 is 0 Å². The molecule has 16 heavy (non-hydrogen) atoms. The van der Waals surface area contributed by atoms with Gasteiger partial charge in [0.1, 0.15) is 5.78 Å². The van der Waals surface area contributed by atoms with Crippen LogP contribution in [0.4, 0.5) is 0 Å². The Kier molecular flexibility index (Phi) is 5.30. The van der Waals surface area contributed by atoms with Crippen LogP contribution in [0.15, 0.2) is 18.2 Å². The van der Waals surface area contributed by atoms with E-state index in [1.807, 2.05) is 0 Å². The molecule has 0 N–H and O–H groups in total. The molecule has 1 atom stereocenters. The average Bonchev–Trinajstić information content (AvgIpc) is 2.23. The Morgan fingerprint density at radius 1 is 1.31 bits per heavy atom. The zero-order chi connectivity index (χ0) is 12.1. The lowest BCUT2D eigenvalue weighted by molar-refractivity contribution is -0.119. The van der Waals surface area contributed by atoms with Gasteiger partial charge in [0.2, 0.25) is 0 Å². The monoisotopic (exact) mass is 258 g/mol. The summed E-state index contributed by atoms with van der Waals surface area (Å²) in [6, 6.07) is 5.31. The molecule has 1 unspecified atom stereocenters. The molecule has 0 amide bonds. The summed E-state index contributed by atoms with van der Waals surface area (Å²) in [4.78, 5) is 11.8. The second kappa shape index (κ2) is 6.27. The molecule has 0 aliphatic heterocycles. The van der Waals surface area contributed by atoms with E-state index in [1.54, 1.807) is 18.2 Å². The number of halogens is 2. The second-order valence-corrected chi connectivity index (χ2v) is 4.95. The van der Waals surface area contributed by atoms with Crippen LogP contribution < -0.4 is 0 Å². The van der Waals surface area contributed by atoms with Gasteiger partial charge in [-0.2, -0.15) is 0 Å². The molecule has 1 aromatic rings. The largest absolute Gasteiger partial charge is 0.299 e. The number of hydrogen-bond acceptors (Lipinski definition) is 1. The quantitative estimate of drug-likeness (QED) is 0.758. The fourth-order valence-electron chi connectivity index (χ4n) is 1.50. The Bertz CT molecular complexity index is 354. The first-order chi connectivity index (χ1) is 7.54. The van der Waals surface area contributed by atoms with Gasteiger partial charge >= 0.3 is 0 Å². The summed E-state index contributed by atoms with van der Waals surface area (Å²) in [7, 11) is 0. The molecule has 0 fully saturated rings. The van der Waals surface area contributed by atoms with Crippen LogP contribution in [0.3, 0.4) is 0 Å². The van der Waals surface area contributed by atoms with Crippen LogP contribution in [-0.4, -0.2) is 5.78 Å². The van der Waals surface area contributed by atoms with E-state index in [0.717, 1.165) is 12.0 Å². The van der Waals surface area contributed by atoms with E-state index in [4.69, 9.17) is 23.2 Å². The molecular formula is C13H16Cl2O. The Hall–Kier alpha value is -0.530. The molecule has 3 heteroatoms. The number of hydrogen-bond donors (Lipinski definition) is 0. The first-order valence-electron chi connectivity index (χ1n) is 5.49. The molecule has 0 saturated carbocycles. The maximum Gasteiger partial charge on any atom is 0.137 e. The second-order valence-electron chi connectivity index (χ2n) is 4.13. The predicted octanol–water partition coefficient (Wildman–Crippen LogP) is 4.54. The number of carbonyl (C=O) groups excluding carboxylic acids is 1. The van der Waals surface area contributed by atoms with Crippen LogP contribution in [0.2, 0.25) is 10.0 Å². The fraction of sp³-hybridized carbons (Fsp3) is 0.462. The Labute approximate surface area is 107 Å². The first kappa shape index (κ1) is 13.5. The standard InChI is InChI=1S/C13H16Cl2O/c1-3-9(2)7-10(16)8-11-12(14)5-4-6-13(11)15/h4-6,9H,3,7-8H2,1-2H3. The summed E-state index contributed by atoms with van der Waals surface area (Å²) in [5.74, 6) is 0.623. The molecule has 0 spiro atoms. The van der Waals surface area contributed by atoms with Crippen LogP contribution in [0.1, 0.15) is 32.3 Å². The van der Waals surface area contributed by atoms with Crippen molar-refractivity contribution in [3.8, 4) is 0 Å². The van der Waals surface area contributed by atoms with Crippen molar-refractivity contribution in [3.05, 3.63) is 33.8 Å². The highest BCUT2D eigenvalue weighted by Crippen LogP contribution is 2.25. The lowest BCUT2D eigenvalue weighted by Crippen LogP contribution is -2.08. The van der Waals surface area contributed by atoms with E-state index in [0.29, 0.717) is 28.8 Å². The molecule has 0 saturated heterocycles. The number of ketones is 1. The third-order valence-corrected chi connectivity index (χ3v) is 3.42. The summed E-state index contributed by atoms with van der Waals surface area (Å²) >= 11 is 12.0. The molecular weight excluding hydrogens is 243 g/mol. The lowest BCUT2D eigenvalue weighted by Gasteiger charge is -2.09. The normalized spacial score (nSPS) is 12.5. The minimum absolute atomic E-state index is 0.198. The fourth-order valence-corrected chi connectivity index (χ4v) is 2.03. The third-order valence-electron chi connectivity index (χ3n) is 2.71. The van der Waals surface area contributed by atoms with Gasteiger partial charge in [-0.05, 0) is 23.6 Å². The van der Waals surface area contributed by atoms with Crippen molar-refractivity contribution in [2.24, 2.45) is 5.92 Å². The molecule has 0 radical (unpaired) electrons. The molecule has 0 aromatic heterocycles. The lowest BCUT2D eigenvalue weighted by atomic mass is 9.98. The predicted molar refractivity (Wildman–Crippen MR) is 69.2 cm³/mol. The summed E-state index contributed by atoms with van der Waals surface area (Å²) in [5.41, 5.74) is 0.749. The van der Waals surface area contributed by atoms with Crippen molar-refractivity contribution < 1.29 is 4.79 Å². The highest BCUT2D eigenvalue weighted by atomic mass is 35.5. The molecule has 1 aromatic carbocycles. The molecule has 1 rings (SSSR count). The highest BCUT2D eigenvalue weighted by molar-refractivity contribution is 6.36. The van der Waals surface area contributed by atoms with Gasteiger partial charge in [-0.25, -0.2) is 0 Å². The summed E-state index contributed by atoms with van der Waals surface area (Å²) in [6.07, 6.45) is 1.95. The topological polar surface area (TPSA) is 17.1 Å². The van der Waals surface area contributed by atoms with Gasteiger partial charge in [0.15, 0.2) is 0 Å². The van der Waals surface area contributed by atoms with E-state index in [2.05, 4.69) is 13.8 Å². The maximum atomic E-state index is 11.8. The van der Waals surface area contributed by atoms with Gasteiger partial charge in [0, 0.05) is 22.9 Å². The molecule has 0 heterocycles. The number of Topliss-reactive ketones (excluding diaryl/α,β-unsaturated/α-hetero) is 1. The number of carbonyl (C=O) groups is 1. The van der Waals surface area contributed by atoms with Gasteiger partial charge in [-0.15, -0.1) is 0 Å². The van der Waals surface area contributed by atoms with Crippen molar-refractivity contribution in [3.63, 3.8) is 0 Å². The Morgan fingerprint density at radius 2 is 1.88 bits per heavy atom. The van der Waals surface area contributed by atoms with Crippen LogP contribution in [0, 0.1) is 5.92 Å². The van der Waals surface area contributed by atoms with Gasteiger partial charge in [0.25, 0.3) is 0 Å². The summed E-state index contributed by atoms with van der Waals surface area (Å²) in [5, 5.41) is 1.15. The maximum absolute atomic E-state index is 11.8. The van der Waals surface area contributed by atoms with Crippen LogP contribution in [0.5, 0.6) is 0 Å². The van der Waals surface area contributed by atoms with Crippen molar-refractivity contribution >= 4 is 29.0 Å². The molecule has 0 aliphatic carbocycles. The minimum Gasteiger partial charge on any atom is -0.299 e. The van der Waals surface area contributed by atoms with E-state index in [9.17, 15) is 4.79 Å². The SMILES string of the molecule is CCC(C)CC(=O)Cc1c(Cl)cccc1Cl. The molecule has 0 bridgehead atoms. The first-order valence-corrected chi connectivity index (χ1v) is 6.24. The van der Waals surface area contributed by atoms with Crippen molar-refractivity contribution in [1.29, 1.82) is 0 Å². The zero-order valence-corrected chi connectivity index (χ0v) is 11.1. The Balaban J connectivity index is 2.70. The molecule has 1 nitrogen and oxygen atoms in total. The van der Waals surface area contributed by atoms with Crippen LogP contribution in [0.25, 0.3) is 0 Å². The number of rotatable bonds is 5. The van der Waals surface area contributed by atoms with Crippen molar-refractivity contribution in [1.82, 2.24) is 0 Å². The average molecular weight is 259 g/mol. The van der Waals surface area contributed by atoms with Gasteiger partial charge in [0.05, 0.1) is 0 Å². The zero-order valence-electron chi connectivity index (χ0n) is 9.59. The van der Waals surface area contributed by atoms with E-state index < -0.39 is 0 Å². The van der Waals surface area contributed by atoms with Crippen LogP contribution >= 0.6 is 23.2 Å². The van der Waals surface area contributed by atoms with E-state index in [1.165, 1.54) is 0 Å². The van der Waals surface area contributed by atoms with E-state index in [-0.39, 0.29) is 5.78 Å². The number of benzene rings is 1. The van der Waals surface area contributed by atoms with Crippen molar-refractivity contribution in [2.75, 3.05) is 0 Å². The van der Waals surface area contributed by atoms with Crippen LogP contribution in [-0.2, 0) is 11.2 Å². The third kappa shape index (κ3) is 3.80. The molecule has 0 aliphatic rings. The van der Waals surface area contributed by atoms with Gasteiger partial charge in [-0.3, -0.25) is 4.79 Å². The highest BCUT2D eigenvalue weighted by Gasteiger charge is 2.12. The minimum atomic E-state index is 0.198. The molecule has 88 valence electrons. The van der Waals surface area contributed by atoms with Gasteiger partial charge < -0.3 is 0 Å². The Morgan fingerprint density at radius 3 is 2.38 bits per heavy atom. The van der Waals surface area contributed by atoms with Crippen molar-refractivity contribution in [2.45, 2.75) is 33.1 Å². The summed E-state index contributed by atoms with van der Waals surface area (Å²) in [6.45, 7) is 4.16. The summed E-state index contributed by atoms with van der Waals surface area (Å²) < 4.78 is 0. The smallest absolute Gasteiger partial charge is 0.137 e. The van der Waals surface area contributed by atoms with Gasteiger partial charge in [-0.1, -0.05) is 49.5 Å².